The lowest BCUT2D eigenvalue weighted by atomic mass is 10.1. The molecule has 0 saturated heterocycles. The number of hydrogen-bond acceptors (Lipinski definition) is 5. The molecule has 3 aromatic rings. The van der Waals surface area contributed by atoms with Crippen LogP contribution in [0, 0.1) is 20.8 Å². The molecule has 7 nitrogen and oxygen atoms in total. The Labute approximate surface area is 164 Å². The number of rotatable bonds is 5. The van der Waals surface area contributed by atoms with Crippen molar-refractivity contribution in [1.82, 2.24) is 4.68 Å². The number of imidazole rings is 1. The maximum atomic E-state index is 13.0. The second kappa shape index (κ2) is 7.12. The van der Waals surface area contributed by atoms with Crippen molar-refractivity contribution in [2.75, 3.05) is 5.84 Å². The van der Waals surface area contributed by atoms with Crippen molar-refractivity contribution >= 4 is 15.9 Å². The van der Waals surface area contributed by atoms with Gasteiger partial charge in [0, 0.05) is 5.56 Å². The quantitative estimate of drug-likeness (QED) is 0.307. The summed E-state index contributed by atoms with van der Waals surface area (Å²) >= 11 is 0. The highest BCUT2D eigenvalue weighted by Gasteiger charge is 2.30. The average molecular weight is 400 g/mol. The van der Waals surface area contributed by atoms with Gasteiger partial charge in [0.1, 0.15) is 16.8 Å². The van der Waals surface area contributed by atoms with Crippen LogP contribution in [0.5, 0.6) is 6.01 Å². The van der Waals surface area contributed by atoms with Gasteiger partial charge in [-0.25, -0.2) is 0 Å². The van der Waals surface area contributed by atoms with Crippen molar-refractivity contribution in [3.05, 3.63) is 71.0 Å². The lowest BCUT2D eigenvalue weighted by Crippen LogP contribution is -2.34. The van der Waals surface area contributed by atoms with Gasteiger partial charge in [-0.05, 0) is 63.1 Å². The van der Waals surface area contributed by atoms with E-state index < -0.39 is 10.1 Å². The Kier molecular flexibility index (Phi) is 4.99. The van der Waals surface area contributed by atoms with Gasteiger partial charge in [0.05, 0.1) is 0 Å². The van der Waals surface area contributed by atoms with Crippen molar-refractivity contribution in [1.29, 1.82) is 0 Å². The Hall–Kier alpha value is -3.13. The minimum Gasteiger partial charge on any atom is -0.303 e. The summed E-state index contributed by atoms with van der Waals surface area (Å²) in [6.07, 6.45) is 3.07. The van der Waals surface area contributed by atoms with Crippen LogP contribution in [0.25, 0.3) is 5.69 Å². The number of ketones is 1. The molecule has 1 heterocycles. The number of carbonyl (C=O) groups excluding carboxylic acids is 1. The molecule has 8 heteroatoms. The van der Waals surface area contributed by atoms with Gasteiger partial charge >= 0.3 is 16.1 Å². The minimum atomic E-state index is -4.11. The smallest absolute Gasteiger partial charge is 0.303 e. The summed E-state index contributed by atoms with van der Waals surface area (Å²) in [7, 11) is -4.11. The van der Waals surface area contributed by atoms with E-state index in [-0.39, 0.29) is 16.7 Å². The molecule has 0 saturated carbocycles. The summed E-state index contributed by atoms with van der Waals surface area (Å²) in [5.41, 5.74) is 3.33. The van der Waals surface area contributed by atoms with Crippen LogP contribution < -0.4 is 14.6 Å². The van der Waals surface area contributed by atoms with Gasteiger partial charge in [0.2, 0.25) is 0 Å². The summed E-state index contributed by atoms with van der Waals surface area (Å²) in [5.74, 6) is 5.84. The highest BCUT2D eigenvalue weighted by Crippen LogP contribution is 2.24. The number of Topliss-reactive ketones (excluding diaryl/α,β-unsaturated/α-hetero) is 1. The molecule has 0 spiro atoms. The van der Waals surface area contributed by atoms with Crippen LogP contribution in [0.4, 0.5) is 0 Å². The third-order valence-electron chi connectivity index (χ3n) is 4.39. The highest BCUT2D eigenvalue weighted by atomic mass is 32.2. The first-order valence-electron chi connectivity index (χ1n) is 8.62. The minimum absolute atomic E-state index is 0.0580. The van der Waals surface area contributed by atoms with E-state index in [1.165, 1.54) is 17.7 Å². The van der Waals surface area contributed by atoms with Crippen LogP contribution in [-0.2, 0) is 10.1 Å². The molecule has 28 heavy (non-hydrogen) atoms. The van der Waals surface area contributed by atoms with Crippen LogP contribution in [-0.4, -0.2) is 18.9 Å². The lowest BCUT2D eigenvalue weighted by Gasteiger charge is -2.11. The predicted octanol–water partition coefficient (Wildman–Crippen LogP) is 2.37. The number of nitrogens with two attached hydrogens (primary N) is 1. The molecule has 0 bridgehead atoms. The third-order valence-corrected chi connectivity index (χ3v) is 5.91. The van der Waals surface area contributed by atoms with E-state index in [4.69, 9.17) is 10.0 Å². The third kappa shape index (κ3) is 3.63. The molecule has 2 aromatic carbocycles. The molecule has 0 aliphatic heterocycles. The van der Waals surface area contributed by atoms with Crippen molar-refractivity contribution < 1.29 is 22.0 Å². The number of aryl methyl sites for hydroxylation is 3. The lowest BCUT2D eigenvalue weighted by molar-refractivity contribution is -0.599. The second-order valence-corrected chi connectivity index (χ2v) is 8.21. The first-order chi connectivity index (χ1) is 13.1. The fraction of sp³-hybridized carbons (Fsp3) is 0.200. The van der Waals surface area contributed by atoms with Crippen LogP contribution >= 0.6 is 0 Å². The van der Waals surface area contributed by atoms with E-state index in [2.05, 4.69) is 0 Å². The number of benzene rings is 2. The molecule has 0 fully saturated rings. The first kappa shape index (κ1) is 19.6. The first-order valence-corrected chi connectivity index (χ1v) is 10.0. The van der Waals surface area contributed by atoms with Crippen molar-refractivity contribution in [3.8, 4) is 11.7 Å². The van der Waals surface area contributed by atoms with Crippen molar-refractivity contribution in [2.24, 2.45) is 0 Å². The largest absolute Gasteiger partial charge is 0.501 e. The van der Waals surface area contributed by atoms with Crippen LogP contribution in [0.1, 0.15) is 34.0 Å². The summed E-state index contributed by atoms with van der Waals surface area (Å²) in [4.78, 5) is 11.6. The molecule has 0 atom stereocenters. The summed E-state index contributed by atoms with van der Waals surface area (Å²) < 4.78 is 34.0. The molecule has 1 aromatic heterocycles. The topological polar surface area (TPSA) is 95.3 Å². The molecule has 0 aliphatic rings. The normalized spacial score (nSPS) is 11.4. The SMILES string of the molecule is CC(=O)c1ccc(-[n+]2ccn(N)c2OS(=O)(=O)c2c(C)cc(C)cc2C)cc1. The van der Waals surface area contributed by atoms with Gasteiger partial charge in [-0.1, -0.05) is 22.4 Å². The molecule has 3 rings (SSSR count). The van der Waals surface area contributed by atoms with E-state index in [1.807, 2.05) is 6.92 Å². The molecule has 0 amide bonds. The van der Waals surface area contributed by atoms with Gasteiger partial charge in [-0.3, -0.25) is 10.6 Å². The number of nitrogen functional groups attached to an aromatic ring is 1. The van der Waals surface area contributed by atoms with Crippen LogP contribution in [0.3, 0.4) is 0 Å². The zero-order chi connectivity index (χ0) is 20.6. The van der Waals surface area contributed by atoms with E-state index in [9.17, 15) is 13.2 Å². The molecular weight excluding hydrogens is 378 g/mol. The zero-order valence-electron chi connectivity index (χ0n) is 16.1. The standard InChI is InChI=1S/C20H22N3O4S/c1-13-11-14(2)19(15(3)12-13)28(25,26)27-20-22(9-10-23(20)21)18-7-5-17(6-8-18)16(4)24/h5-12H,21H2,1-4H3/q+1. The summed E-state index contributed by atoms with van der Waals surface area (Å²) in [6, 6.07) is 10.2. The number of aromatic nitrogens is 2. The molecule has 0 unspecified atom stereocenters. The van der Waals surface area contributed by atoms with Crippen LogP contribution in [0.15, 0.2) is 53.7 Å². The number of nitrogens with zero attached hydrogens (tertiary/aromatic N) is 2. The van der Waals surface area contributed by atoms with Crippen LogP contribution in [0.2, 0.25) is 0 Å². The number of carbonyl (C=O) groups is 1. The van der Waals surface area contributed by atoms with Gasteiger partial charge in [0.15, 0.2) is 12.0 Å². The van der Waals surface area contributed by atoms with E-state index in [0.717, 1.165) is 10.2 Å². The number of hydrogen-bond donors (Lipinski definition) is 1. The molecule has 0 radical (unpaired) electrons. The average Bonchev–Trinajstić information content (AvgIpc) is 2.93. The van der Waals surface area contributed by atoms with Gasteiger partial charge in [-0.2, -0.15) is 13.0 Å². The van der Waals surface area contributed by atoms with E-state index in [1.54, 1.807) is 56.4 Å². The fourth-order valence-electron chi connectivity index (χ4n) is 3.23. The maximum Gasteiger partial charge on any atom is 0.501 e. The summed E-state index contributed by atoms with van der Waals surface area (Å²) in [5, 5.41) is 0. The van der Waals surface area contributed by atoms with Gasteiger partial charge < -0.3 is 4.18 Å². The molecule has 146 valence electrons. The maximum absolute atomic E-state index is 13.0. The molecular formula is C20H22N3O4S+. The fourth-order valence-corrected chi connectivity index (χ4v) is 4.58. The van der Waals surface area contributed by atoms with Crippen molar-refractivity contribution in [2.45, 2.75) is 32.6 Å². The highest BCUT2D eigenvalue weighted by molar-refractivity contribution is 7.87. The Morgan fingerprint density at radius 3 is 2.18 bits per heavy atom. The summed E-state index contributed by atoms with van der Waals surface area (Å²) in [6.45, 7) is 6.84. The molecule has 2 N–H and O–H groups in total. The Morgan fingerprint density at radius 2 is 1.64 bits per heavy atom. The predicted molar refractivity (Wildman–Crippen MR) is 105 cm³/mol. The Bertz CT molecular complexity index is 1140. The Balaban J connectivity index is 2.04. The van der Waals surface area contributed by atoms with E-state index in [0.29, 0.717) is 22.4 Å². The van der Waals surface area contributed by atoms with Gasteiger partial charge in [-0.15, -0.1) is 0 Å². The zero-order valence-corrected chi connectivity index (χ0v) is 16.9. The van der Waals surface area contributed by atoms with E-state index >= 15 is 0 Å². The van der Waals surface area contributed by atoms with Crippen molar-refractivity contribution in [3.63, 3.8) is 0 Å². The van der Waals surface area contributed by atoms with Gasteiger partial charge in [0.25, 0.3) is 0 Å². The molecule has 0 aliphatic carbocycles. The Morgan fingerprint density at radius 1 is 1.07 bits per heavy atom. The monoisotopic (exact) mass is 400 g/mol. The second-order valence-electron chi connectivity index (χ2n) is 6.73.